The number of carbonyl (C=O) groups excluding carboxylic acids is 2. The first-order valence-corrected chi connectivity index (χ1v) is 6.55. The quantitative estimate of drug-likeness (QED) is 0.871. The van der Waals surface area contributed by atoms with Gasteiger partial charge in [0.25, 0.3) is 5.91 Å². The van der Waals surface area contributed by atoms with Crippen LogP contribution in [0, 0.1) is 0 Å². The Bertz CT molecular complexity index is 476. The summed E-state index contributed by atoms with van der Waals surface area (Å²) in [6.45, 7) is 3.44. The number of rotatable bonds is 3. The molecule has 3 N–H and O–H groups in total. The van der Waals surface area contributed by atoms with Gasteiger partial charge in [0, 0.05) is 25.2 Å². The molecule has 0 spiro atoms. The van der Waals surface area contributed by atoms with Gasteiger partial charge in [-0.3, -0.25) is 9.59 Å². The van der Waals surface area contributed by atoms with Crippen LogP contribution in [-0.2, 0) is 11.3 Å². The number of hydrogen-bond donors (Lipinski definition) is 2. The molecule has 0 radical (unpaired) electrons. The van der Waals surface area contributed by atoms with Crippen LogP contribution in [0.3, 0.4) is 0 Å². The summed E-state index contributed by atoms with van der Waals surface area (Å²) in [6.07, 6.45) is 0.623. The molecule has 6 heteroatoms. The highest BCUT2D eigenvalue weighted by atomic mass is 35.5. The molecule has 5 nitrogen and oxygen atoms in total. The molecule has 1 fully saturated rings. The second-order valence-electron chi connectivity index (χ2n) is 4.61. The van der Waals surface area contributed by atoms with Crippen LogP contribution in [-0.4, -0.2) is 35.8 Å². The second kappa shape index (κ2) is 7.26. The molecule has 1 aromatic rings. The molecular weight excluding hydrogens is 278 g/mol. The van der Waals surface area contributed by atoms with E-state index in [-0.39, 0.29) is 30.3 Å². The van der Waals surface area contributed by atoms with E-state index in [1.54, 1.807) is 17.0 Å². The number of nitrogens with zero attached hydrogens (tertiary/aromatic N) is 1. The van der Waals surface area contributed by atoms with Crippen LogP contribution in [0.5, 0.6) is 0 Å². The van der Waals surface area contributed by atoms with Gasteiger partial charge in [-0.15, -0.1) is 12.4 Å². The van der Waals surface area contributed by atoms with Crippen LogP contribution in [0.1, 0.15) is 29.3 Å². The normalized spacial score (nSPS) is 18.2. The molecule has 1 heterocycles. The molecule has 1 atom stereocenters. The van der Waals surface area contributed by atoms with Crippen molar-refractivity contribution >= 4 is 24.2 Å². The van der Waals surface area contributed by atoms with Crippen LogP contribution in [0.4, 0.5) is 0 Å². The van der Waals surface area contributed by atoms with Crippen LogP contribution in [0.25, 0.3) is 0 Å². The van der Waals surface area contributed by atoms with Gasteiger partial charge in [-0.25, -0.2) is 0 Å². The standard InChI is InChI=1S/C14H19N3O2.ClH/c1-2-12-13(18)16-7-8-17(12)14(19)11-5-3-10(9-15)4-6-11;/h3-6,12H,2,7-9,15H2,1H3,(H,16,18);1H. The lowest BCUT2D eigenvalue weighted by atomic mass is 10.1. The summed E-state index contributed by atoms with van der Waals surface area (Å²) in [6, 6.07) is 6.86. The van der Waals surface area contributed by atoms with Crippen molar-refractivity contribution in [1.29, 1.82) is 0 Å². The molecule has 1 aliphatic rings. The van der Waals surface area contributed by atoms with Crippen molar-refractivity contribution < 1.29 is 9.59 Å². The van der Waals surface area contributed by atoms with Gasteiger partial charge in [0.15, 0.2) is 0 Å². The van der Waals surface area contributed by atoms with Gasteiger partial charge in [-0.2, -0.15) is 0 Å². The molecule has 1 aromatic carbocycles. The number of hydrogen-bond acceptors (Lipinski definition) is 3. The largest absolute Gasteiger partial charge is 0.353 e. The molecule has 1 unspecified atom stereocenters. The zero-order chi connectivity index (χ0) is 13.8. The Balaban J connectivity index is 0.00000200. The van der Waals surface area contributed by atoms with Crippen LogP contribution < -0.4 is 11.1 Å². The summed E-state index contributed by atoms with van der Waals surface area (Å²) in [5.41, 5.74) is 7.12. The Morgan fingerprint density at radius 3 is 2.60 bits per heavy atom. The summed E-state index contributed by atoms with van der Waals surface area (Å²) < 4.78 is 0. The maximum atomic E-state index is 12.4. The topological polar surface area (TPSA) is 75.4 Å². The number of halogens is 1. The minimum absolute atomic E-state index is 0. The lowest BCUT2D eigenvalue weighted by Crippen LogP contribution is -2.56. The highest BCUT2D eigenvalue weighted by Crippen LogP contribution is 2.14. The predicted octanol–water partition coefficient (Wildman–Crippen LogP) is 0.918. The lowest BCUT2D eigenvalue weighted by Gasteiger charge is -2.34. The summed E-state index contributed by atoms with van der Waals surface area (Å²) in [7, 11) is 0. The minimum Gasteiger partial charge on any atom is -0.353 e. The maximum Gasteiger partial charge on any atom is 0.254 e. The zero-order valence-corrected chi connectivity index (χ0v) is 12.3. The molecule has 1 saturated heterocycles. The van der Waals surface area contributed by atoms with E-state index in [9.17, 15) is 9.59 Å². The van der Waals surface area contributed by atoms with Crippen LogP contribution in [0.2, 0.25) is 0 Å². The van der Waals surface area contributed by atoms with Crippen molar-refractivity contribution in [1.82, 2.24) is 10.2 Å². The van der Waals surface area contributed by atoms with E-state index in [0.717, 1.165) is 5.56 Å². The van der Waals surface area contributed by atoms with E-state index in [0.29, 0.717) is 31.6 Å². The third-order valence-electron chi connectivity index (χ3n) is 3.41. The molecule has 0 aromatic heterocycles. The fourth-order valence-electron chi connectivity index (χ4n) is 2.31. The van der Waals surface area contributed by atoms with Crippen molar-refractivity contribution in [3.05, 3.63) is 35.4 Å². The van der Waals surface area contributed by atoms with Crippen molar-refractivity contribution in [3.63, 3.8) is 0 Å². The first-order chi connectivity index (χ1) is 9.17. The monoisotopic (exact) mass is 297 g/mol. The third kappa shape index (κ3) is 3.29. The molecule has 20 heavy (non-hydrogen) atoms. The molecule has 2 rings (SSSR count). The number of nitrogens with two attached hydrogens (primary N) is 1. The Hall–Kier alpha value is -1.59. The summed E-state index contributed by atoms with van der Waals surface area (Å²) in [5, 5.41) is 2.79. The SMILES string of the molecule is CCC1C(=O)NCCN1C(=O)c1ccc(CN)cc1.Cl. The maximum absolute atomic E-state index is 12.4. The predicted molar refractivity (Wildman–Crippen MR) is 79.7 cm³/mol. The van der Waals surface area contributed by atoms with Gasteiger partial charge >= 0.3 is 0 Å². The molecule has 2 amide bonds. The third-order valence-corrected chi connectivity index (χ3v) is 3.41. The highest BCUT2D eigenvalue weighted by molar-refractivity contribution is 5.98. The number of piperazine rings is 1. The fourth-order valence-corrected chi connectivity index (χ4v) is 2.31. The summed E-state index contributed by atoms with van der Waals surface area (Å²) in [4.78, 5) is 25.8. The number of carbonyl (C=O) groups is 2. The lowest BCUT2D eigenvalue weighted by molar-refractivity contribution is -0.127. The van der Waals surface area contributed by atoms with Gasteiger partial charge in [0.1, 0.15) is 6.04 Å². The number of nitrogens with one attached hydrogen (secondary N) is 1. The number of amides is 2. The Labute approximate surface area is 124 Å². The summed E-state index contributed by atoms with van der Waals surface area (Å²) >= 11 is 0. The molecular formula is C14H20ClN3O2. The first-order valence-electron chi connectivity index (χ1n) is 6.55. The van der Waals surface area contributed by atoms with Gasteiger partial charge in [0.05, 0.1) is 0 Å². The Kier molecular flexibility index (Phi) is 5.98. The van der Waals surface area contributed by atoms with E-state index >= 15 is 0 Å². The van der Waals surface area contributed by atoms with E-state index in [4.69, 9.17) is 5.73 Å². The fraction of sp³-hybridized carbons (Fsp3) is 0.429. The Morgan fingerprint density at radius 1 is 1.40 bits per heavy atom. The van der Waals surface area contributed by atoms with Crippen molar-refractivity contribution in [2.75, 3.05) is 13.1 Å². The second-order valence-corrected chi connectivity index (χ2v) is 4.61. The smallest absolute Gasteiger partial charge is 0.254 e. The minimum atomic E-state index is -0.365. The van der Waals surface area contributed by atoms with Crippen molar-refractivity contribution in [2.45, 2.75) is 25.9 Å². The van der Waals surface area contributed by atoms with E-state index < -0.39 is 0 Å². The van der Waals surface area contributed by atoms with Crippen LogP contribution >= 0.6 is 12.4 Å². The van der Waals surface area contributed by atoms with E-state index in [1.165, 1.54) is 0 Å². The highest BCUT2D eigenvalue weighted by Gasteiger charge is 2.31. The van der Waals surface area contributed by atoms with Gasteiger partial charge in [-0.05, 0) is 24.1 Å². The average molecular weight is 298 g/mol. The van der Waals surface area contributed by atoms with Crippen LogP contribution in [0.15, 0.2) is 24.3 Å². The van der Waals surface area contributed by atoms with Gasteiger partial charge in [-0.1, -0.05) is 19.1 Å². The summed E-state index contributed by atoms with van der Waals surface area (Å²) in [5.74, 6) is -0.161. The van der Waals surface area contributed by atoms with Crippen molar-refractivity contribution in [3.8, 4) is 0 Å². The average Bonchev–Trinajstić information content (AvgIpc) is 2.46. The molecule has 0 saturated carbocycles. The zero-order valence-electron chi connectivity index (χ0n) is 11.5. The Morgan fingerprint density at radius 2 is 2.05 bits per heavy atom. The molecule has 1 aliphatic heterocycles. The van der Waals surface area contributed by atoms with Gasteiger partial charge in [0.2, 0.25) is 5.91 Å². The number of benzene rings is 1. The molecule has 0 aliphatic carbocycles. The van der Waals surface area contributed by atoms with Gasteiger partial charge < -0.3 is 16.0 Å². The van der Waals surface area contributed by atoms with Crippen molar-refractivity contribution in [2.24, 2.45) is 5.73 Å². The first kappa shape index (κ1) is 16.5. The van der Waals surface area contributed by atoms with E-state index in [2.05, 4.69) is 5.32 Å². The van der Waals surface area contributed by atoms with E-state index in [1.807, 2.05) is 19.1 Å². The molecule has 0 bridgehead atoms. The molecule has 110 valence electrons.